The Morgan fingerprint density at radius 3 is 2.16 bits per heavy atom. The Labute approximate surface area is 217 Å². The van der Waals surface area contributed by atoms with Crippen LogP contribution in [0.3, 0.4) is 0 Å². The van der Waals surface area contributed by atoms with Crippen LogP contribution in [0.5, 0.6) is 0 Å². The molecule has 0 heteroatoms. The van der Waals surface area contributed by atoms with E-state index in [9.17, 15) is 0 Å². The highest BCUT2D eigenvalue weighted by atomic mass is 14.4. The molecule has 0 saturated heterocycles. The van der Waals surface area contributed by atoms with Gasteiger partial charge in [0.25, 0.3) is 0 Å². The predicted octanol–water partition coefficient (Wildman–Crippen LogP) is 9.00. The van der Waals surface area contributed by atoms with Crippen LogP contribution in [0, 0.1) is 0 Å². The maximum atomic E-state index is 2.44. The molecule has 0 amide bonds. The lowest BCUT2D eigenvalue weighted by atomic mass is 9.79. The van der Waals surface area contributed by atoms with Crippen LogP contribution < -0.4 is 5.22 Å². The smallest absolute Gasteiger partial charge is 0.0159 e. The Kier molecular flexibility index (Phi) is 4.21. The molecular formula is C37H28. The highest BCUT2D eigenvalue weighted by Gasteiger charge is 2.35. The molecule has 0 aromatic heterocycles. The average molecular weight is 473 g/mol. The molecule has 1 unspecified atom stereocenters. The van der Waals surface area contributed by atoms with E-state index < -0.39 is 0 Å². The quantitative estimate of drug-likeness (QED) is 0.236. The number of benzene rings is 6. The summed E-state index contributed by atoms with van der Waals surface area (Å²) >= 11 is 0. The van der Waals surface area contributed by atoms with E-state index in [1.54, 1.807) is 0 Å². The second-order valence-electron chi connectivity index (χ2n) is 11.3. The van der Waals surface area contributed by atoms with E-state index >= 15 is 0 Å². The topological polar surface area (TPSA) is 0 Å². The molecule has 2 aliphatic carbocycles. The fourth-order valence-corrected chi connectivity index (χ4v) is 7.08. The third kappa shape index (κ3) is 2.90. The molecule has 2 aliphatic rings. The summed E-state index contributed by atoms with van der Waals surface area (Å²) in [6.07, 6.45) is 3.48. The molecule has 0 fully saturated rings. The van der Waals surface area contributed by atoms with Gasteiger partial charge in [-0.15, -0.1) is 0 Å². The van der Waals surface area contributed by atoms with Crippen LogP contribution in [0.4, 0.5) is 0 Å². The first-order valence-electron chi connectivity index (χ1n) is 13.4. The first-order valence-corrected chi connectivity index (χ1v) is 13.4. The lowest BCUT2D eigenvalue weighted by Gasteiger charge is -2.24. The van der Waals surface area contributed by atoms with E-state index in [2.05, 4.69) is 129 Å². The molecule has 37 heavy (non-hydrogen) atoms. The van der Waals surface area contributed by atoms with Crippen LogP contribution in [0.15, 0.2) is 109 Å². The Balaban J connectivity index is 1.19. The van der Waals surface area contributed by atoms with Crippen molar-refractivity contribution in [1.29, 1.82) is 0 Å². The van der Waals surface area contributed by atoms with Gasteiger partial charge in [-0.25, -0.2) is 0 Å². The maximum absolute atomic E-state index is 2.44. The first kappa shape index (κ1) is 21.0. The van der Waals surface area contributed by atoms with Crippen LogP contribution >= 0.6 is 0 Å². The van der Waals surface area contributed by atoms with E-state index in [1.165, 1.54) is 71.3 Å². The van der Waals surface area contributed by atoms with Crippen molar-refractivity contribution >= 4 is 27.6 Å². The van der Waals surface area contributed by atoms with Crippen LogP contribution in [0.1, 0.15) is 48.4 Å². The Hall–Kier alpha value is -4.16. The average Bonchev–Trinajstić information content (AvgIpc) is 3.18. The van der Waals surface area contributed by atoms with Gasteiger partial charge in [0, 0.05) is 11.3 Å². The molecule has 0 nitrogen and oxygen atoms in total. The Bertz CT molecular complexity index is 1900. The van der Waals surface area contributed by atoms with Crippen molar-refractivity contribution in [2.45, 2.75) is 31.6 Å². The van der Waals surface area contributed by atoms with Crippen molar-refractivity contribution in [3.8, 4) is 22.3 Å². The number of hydrogen-bond acceptors (Lipinski definition) is 0. The van der Waals surface area contributed by atoms with Gasteiger partial charge in [-0.1, -0.05) is 123 Å². The van der Waals surface area contributed by atoms with Crippen LogP contribution in [-0.4, -0.2) is 0 Å². The third-order valence-corrected chi connectivity index (χ3v) is 9.02. The van der Waals surface area contributed by atoms with Gasteiger partial charge in [-0.3, -0.25) is 0 Å². The fourth-order valence-electron chi connectivity index (χ4n) is 7.08. The molecule has 176 valence electrons. The standard InChI is InChI=1S/C37H28/c1-37(2)33-9-4-3-8-30(33)31-20-18-28(22-34(31)37)23-10-12-24(13-11-23)29-19-16-27-15-14-25-6-5-7-26-17-21-32(29)36(27)35(25)26/h3-18,20-22,29H,19H2,1-2H3. The molecule has 0 saturated carbocycles. The summed E-state index contributed by atoms with van der Waals surface area (Å²) in [7, 11) is 0. The van der Waals surface area contributed by atoms with Crippen molar-refractivity contribution in [1.82, 2.24) is 0 Å². The molecule has 6 aromatic rings. The lowest BCUT2D eigenvalue weighted by Crippen LogP contribution is -2.15. The summed E-state index contributed by atoms with van der Waals surface area (Å²) in [6, 6.07) is 41.2. The van der Waals surface area contributed by atoms with E-state index in [-0.39, 0.29) is 5.41 Å². The van der Waals surface area contributed by atoms with Gasteiger partial charge < -0.3 is 0 Å². The Morgan fingerprint density at radius 2 is 1.32 bits per heavy atom. The van der Waals surface area contributed by atoms with Crippen molar-refractivity contribution in [3.05, 3.63) is 137 Å². The molecular weight excluding hydrogens is 444 g/mol. The van der Waals surface area contributed by atoms with Gasteiger partial charge in [0.1, 0.15) is 0 Å². The van der Waals surface area contributed by atoms with E-state index in [0.29, 0.717) is 5.92 Å². The molecule has 0 spiro atoms. The van der Waals surface area contributed by atoms with Crippen molar-refractivity contribution < 1.29 is 0 Å². The minimum absolute atomic E-state index is 0.0266. The zero-order valence-electron chi connectivity index (χ0n) is 21.3. The highest BCUT2D eigenvalue weighted by molar-refractivity contribution is 6.12. The van der Waals surface area contributed by atoms with Crippen molar-refractivity contribution in [2.24, 2.45) is 0 Å². The molecule has 6 aromatic carbocycles. The zero-order valence-corrected chi connectivity index (χ0v) is 21.3. The fraction of sp³-hybridized carbons (Fsp3) is 0.135. The lowest BCUT2D eigenvalue weighted by molar-refractivity contribution is 0.660. The maximum Gasteiger partial charge on any atom is 0.0159 e. The van der Waals surface area contributed by atoms with E-state index in [4.69, 9.17) is 0 Å². The summed E-state index contributed by atoms with van der Waals surface area (Å²) in [5.74, 6) is 0.394. The molecule has 0 bridgehead atoms. The van der Waals surface area contributed by atoms with Crippen LogP contribution in [-0.2, 0) is 5.41 Å². The van der Waals surface area contributed by atoms with Gasteiger partial charge in [-0.2, -0.15) is 0 Å². The number of hydrogen-bond donors (Lipinski definition) is 0. The predicted molar refractivity (Wildman–Crippen MR) is 157 cm³/mol. The van der Waals surface area contributed by atoms with Gasteiger partial charge in [0.05, 0.1) is 0 Å². The Morgan fingerprint density at radius 1 is 0.595 bits per heavy atom. The number of rotatable bonds is 2. The summed E-state index contributed by atoms with van der Waals surface area (Å²) in [6.45, 7) is 4.71. The van der Waals surface area contributed by atoms with E-state index in [0.717, 1.165) is 6.42 Å². The summed E-state index contributed by atoms with van der Waals surface area (Å²) < 4.78 is 0. The molecule has 0 N–H and O–H groups in total. The monoisotopic (exact) mass is 472 g/mol. The highest BCUT2D eigenvalue weighted by Crippen LogP contribution is 2.49. The molecule has 0 radical (unpaired) electrons. The first-order chi connectivity index (χ1) is 18.1. The summed E-state index contributed by atoms with van der Waals surface area (Å²) in [5, 5.41) is 6.91. The second kappa shape index (κ2) is 7.43. The van der Waals surface area contributed by atoms with Gasteiger partial charge in [0.2, 0.25) is 0 Å². The summed E-state index contributed by atoms with van der Waals surface area (Å²) in [4.78, 5) is 0. The van der Waals surface area contributed by atoms with Gasteiger partial charge in [-0.05, 0) is 83.8 Å². The van der Waals surface area contributed by atoms with Crippen LogP contribution in [0.2, 0.25) is 0 Å². The molecule has 8 rings (SSSR count). The third-order valence-electron chi connectivity index (χ3n) is 9.02. The van der Waals surface area contributed by atoms with E-state index in [1.807, 2.05) is 0 Å². The second-order valence-corrected chi connectivity index (χ2v) is 11.3. The van der Waals surface area contributed by atoms with Crippen molar-refractivity contribution in [3.63, 3.8) is 0 Å². The number of fused-ring (bicyclic) bond motifs is 3. The molecule has 0 heterocycles. The summed E-state index contributed by atoms with van der Waals surface area (Å²) in [5.41, 5.74) is 11.1. The normalized spacial score (nSPS) is 17.0. The minimum atomic E-state index is 0.0266. The zero-order chi connectivity index (χ0) is 24.7. The largest absolute Gasteiger partial charge is 0.0757 e. The molecule has 0 aliphatic heterocycles. The van der Waals surface area contributed by atoms with Gasteiger partial charge in [0.15, 0.2) is 0 Å². The minimum Gasteiger partial charge on any atom is -0.0757 e. The molecule has 1 atom stereocenters. The van der Waals surface area contributed by atoms with Crippen molar-refractivity contribution in [2.75, 3.05) is 0 Å². The SMILES string of the molecule is CC1(C)c2ccccc2-c2ccc(-c3ccc(C4CC=c5ccc6cccc7ccc4c5c76)cc3)cc21. The van der Waals surface area contributed by atoms with Gasteiger partial charge >= 0.3 is 0 Å². The van der Waals surface area contributed by atoms with Crippen LogP contribution in [0.25, 0.3) is 49.9 Å².